The van der Waals surface area contributed by atoms with Gasteiger partial charge < -0.3 is 19.5 Å². The van der Waals surface area contributed by atoms with E-state index in [2.05, 4.69) is 33.0 Å². The van der Waals surface area contributed by atoms with Crippen LogP contribution in [0, 0.1) is 0 Å². The highest BCUT2D eigenvalue weighted by Crippen LogP contribution is 2.41. The van der Waals surface area contributed by atoms with Crippen LogP contribution in [0.25, 0.3) is 44.2 Å². The molecule has 1 N–H and O–H groups in total. The third-order valence-corrected chi connectivity index (χ3v) is 7.96. The number of fused-ring (bicyclic) bond motifs is 3. The monoisotopic (exact) mass is 519 g/mol. The second-order valence-electron chi connectivity index (χ2n) is 10.4. The zero-order chi connectivity index (χ0) is 26.9. The molecule has 5 aromatic rings. The summed E-state index contributed by atoms with van der Waals surface area (Å²) in [5, 5.41) is 2.12. The summed E-state index contributed by atoms with van der Waals surface area (Å²) in [6.45, 7) is 1.84. The number of rotatable bonds is 6. The Morgan fingerprint density at radius 1 is 1.08 bits per heavy atom. The third-order valence-electron chi connectivity index (χ3n) is 7.96. The number of nitrogens with one attached hydrogen (secondary N) is 1. The smallest absolute Gasteiger partial charge is 0.253 e. The maximum atomic E-state index is 13.3. The van der Waals surface area contributed by atoms with Crippen LogP contribution in [0.4, 0.5) is 0 Å². The molecule has 0 spiro atoms. The number of aromatic amines is 1. The highest BCUT2D eigenvalue weighted by Gasteiger charge is 2.23. The molecule has 1 aliphatic heterocycles. The van der Waals surface area contributed by atoms with Gasteiger partial charge in [0, 0.05) is 65.0 Å². The van der Waals surface area contributed by atoms with E-state index >= 15 is 0 Å². The minimum Gasteiger partial charge on any atom is -0.496 e. The molecule has 6 rings (SSSR count). The molecule has 1 unspecified atom stereocenters. The van der Waals surface area contributed by atoms with Crippen LogP contribution in [0.2, 0.25) is 0 Å². The number of carbonyl (C=O) groups excluding carboxylic acids is 1. The van der Waals surface area contributed by atoms with Crippen molar-refractivity contribution in [2.45, 2.75) is 25.3 Å². The number of H-pyrrole nitrogens is 1. The molecule has 198 valence electrons. The number of pyridine rings is 2. The molecule has 0 aliphatic carbocycles. The number of piperidine rings is 1. The second kappa shape index (κ2) is 10.5. The van der Waals surface area contributed by atoms with Crippen molar-refractivity contribution >= 4 is 27.7 Å². The standard InChI is InChI=1S/C32H33N5O2/c1-36-16-5-4-8-24(36)20-37(2)32(38)22-11-9-21(10-12-22)30-29(39-3)14-13-26-31(30)25-17-27(34-19-28(25)35-26)23-7-6-15-33-18-23/h6-7,9-15,17-19,24,35H,4-5,8,16,20H2,1-3H3. The van der Waals surface area contributed by atoms with Gasteiger partial charge in [-0.05, 0) is 74.5 Å². The van der Waals surface area contributed by atoms with Crippen molar-refractivity contribution in [1.82, 2.24) is 24.8 Å². The van der Waals surface area contributed by atoms with Gasteiger partial charge in [0.25, 0.3) is 5.91 Å². The quantitative estimate of drug-likeness (QED) is 0.297. The van der Waals surface area contributed by atoms with Gasteiger partial charge in [-0.15, -0.1) is 0 Å². The fourth-order valence-electron chi connectivity index (χ4n) is 5.78. The summed E-state index contributed by atoms with van der Waals surface area (Å²) >= 11 is 0. The van der Waals surface area contributed by atoms with E-state index in [0.717, 1.165) is 69.4 Å². The van der Waals surface area contributed by atoms with E-state index in [-0.39, 0.29) is 5.91 Å². The number of likely N-dealkylation sites (N-methyl/N-ethyl adjacent to an activating group) is 2. The lowest BCUT2D eigenvalue weighted by Gasteiger charge is -2.35. The molecular weight excluding hydrogens is 486 g/mol. The van der Waals surface area contributed by atoms with Crippen molar-refractivity contribution in [2.75, 3.05) is 34.3 Å². The predicted molar refractivity (Wildman–Crippen MR) is 156 cm³/mol. The van der Waals surface area contributed by atoms with E-state index in [1.54, 1.807) is 13.3 Å². The second-order valence-corrected chi connectivity index (χ2v) is 10.4. The highest BCUT2D eigenvalue weighted by molar-refractivity contribution is 6.16. The van der Waals surface area contributed by atoms with Crippen LogP contribution in [0.15, 0.2) is 73.2 Å². The molecule has 1 aliphatic rings. The summed E-state index contributed by atoms with van der Waals surface area (Å²) in [5.41, 5.74) is 6.44. The van der Waals surface area contributed by atoms with Crippen LogP contribution in [0.3, 0.4) is 0 Å². The van der Waals surface area contributed by atoms with E-state index in [4.69, 9.17) is 4.74 Å². The van der Waals surface area contributed by atoms with Gasteiger partial charge in [-0.3, -0.25) is 14.8 Å². The SMILES string of the molecule is COc1ccc2[nH]c3cnc(-c4cccnc4)cc3c2c1-c1ccc(C(=O)N(C)CC2CCCCN2C)cc1. The Morgan fingerprint density at radius 3 is 2.67 bits per heavy atom. The largest absolute Gasteiger partial charge is 0.496 e. The van der Waals surface area contributed by atoms with E-state index in [1.807, 2.05) is 72.9 Å². The molecule has 0 saturated carbocycles. The molecule has 1 saturated heterocycles. The van der Waals surface area contributed by atoms with Crippen molar-refractivity contribution in [1.29, 1.82) is 0 Å². The van der Waals surface area contributed by atoms with Crippen LogP contribution in [0.5, 0.6) is 5.75 Å². The van der Waals surface area contributed by atoms with Gasteiger partial charge in [-0.1, -0.05) is 18.6 Å². The number of nitrogens with zero attached hydrogens (tertiary/aromatic N) is 4. The Labute approximate surface area is 228 Å². The topological polar surface area (TPSA) is 74.3 Å². The number of methoxy groups -OCH3 is 1. The van der Waals surface area contributed by atoms with Gasteiger partial charge in [0.1, 0.15) is 5.75 Å². The number of aromatic nitrogens is 3. The summed E-state index contributed by atoms with van der Waals surface area (Å²) in [5.74, 6) is 0.824. The molecule has 39 heavy (non-hydrogen) atoms. The molecule has 1 fully saturated rings. The average Bonchev–Trinajstić information content (AvgIpc) is 3.36. The molecule has 3 aromatic heterocycles. The van der Waals surface area contributed by atoms with Gasteiger partial charge in [-0.25, -0.2) is 0 Å². The lowest BCUT2D eigenvalue weighted by molar-refractivity contribution is 0.0717. The Hall–Kier alpha value is -4.23. The van der Waals surface area contributed by atoms with Crippen LogP contribution in [0.1, 0.15) is 29.6 Å². The fourth-order valence-corrected chi connectivity index (χ4v) is 5.78. The Kier molecular flexibility index (Phi) is 6.75. The van der Waals surface area contributed by atoms with Crippen molar-refractivity contribution in [3.05, 3.63) is 78.8 Å². The Bertz CT molecular complexity index is 1630. The van der Waals surface area contributed by atoms with Gasteiger partial charge in [0.15, 0.2) is 0 Å². The molecular formula is C32H33N5O2. The summed E-state index contributed by atoms with van der Waals surface area (Å²) in [4.78, 5) is 29.9. The molecule has 7 heteroatoms. The first-order chi connectivity index (χ1) is 19.0. The summed E-state index contributed by atoms with van der Waals surface area (Å²) in [6, 6.07) is 18.4. The van der Waals surface area contributed by atoms with E-state index in [9.17, 15) is 4.79 Å². The van der Waals surface area contributed by atoms with Gasteiger partial charge in [-0.2, -0.15) is 0 Å². The first-order valence-corrected chi connectivity index (χ1v) is 13.5. The molecule has 1 amide bonds. The van der Waals surface area contributed by atoms with Crippen LogP contribution < -0.4 is 4.74 Å². The first kappa shape index (κ1) is 25.1. The number of carbonyl (C=O) groups is 1. The van der Waals surface area contributed by atoms with Gasteiger partial charge >= 0.3 is 0 Å². The minimum absolute atomic E-state index is 0.0463. The van der Waals surface area contributed by atoms with Crippen LogP contribution in [-0.4, -0.2) is 71.0 Å². The Morgan fingerprint density at radius 2 is 1.92 bits per heavy atom. The van der Waals surface area contributed by atoms with Crippen molar-refractivity contribution in [3.8, 4) is 28.1 Å². The highest BCUT2D eigenvalue weighted by atomic mass is 16.5. The molecule has 4 heterocycles. The third kappa shape index (κ3) is 4.74. The maximum absolute atomic E-state index is 13.3. The van der Waals surface area contributed by atoms with Crippen LogP contribution in [-0.2, 0) is 0 Å². The summed E-state index contributed by atoms with van der Waals surface area (Å²) in [7, 11) is 5.75. The van der Waals surface area contributed by atoms with Gasteiger partial charge in [0.2, 0.25) is 0 Å². The number of amides is 1. The number of benzene rings is 2. The molecule has 2 aromatic carbocycles. The lowest BCUT2D eigenvalue weighted by atomic mass is 9.97. The minimum atomic E-state index is 0.0463. The number of hydrogen-bond acceptors (Lipinski definition) is 5. The summed E-state index contributed by atoms with van der Waals surface area (Å²) in [6.07, 6.45) is 9.06. The fraction of sp³-hybridized carbons (Fsp3) is 0.281. The van der Waals surface area contributed by atoms with E-state index in [0.29, 0.717) is 11.6 Å². The maximum Gasteiger partial charge on any atom is 0.253 e. The number of likely N-dealkylation sites (tertiary alicyclic amines) is 1. The van der Waals surface area contributed by atoms with Crippen LogP contribution >= 0.6 is 0 Å². The average molecular weight is 520 g/mol. The van der Waals surface area contributed by atoms with E-state index < -0.39 is 0 Å². The first-order valence-electron chi connectivity index (χ1n) is 13.5. The van der Waals surface area contributed by atoms with Crippen molar-refractivity contribution < 1.29 is 9.53 Å². The normalized spacial score (nSPS) is 16.0. The summed E-state index contributed by atoms with van der Waals surface area (Å²) < 4.78 is 5.83. The van der Waals surface area contributed by atoms with Gasteiger partial charge in [0.05, 0.1) is 24.5 Å². The lowest BCUT2D eigenvalue weighted by Crippen LogP contribution is -2.45. The molecule has 0 radical (unpaired) electrons. The zero-order valence-corrected chi connectivity index (χ0v) is 22.6. The Balaban J connectivity index is 1.37. The van der Waals surface area contributed by atoms with Crippen molar-refractivity contribution in [3.63, 3.8) is 0 Å². The zero-order valence-electron chi connectivity index (χ0n) is 22.6. The van der Waals surface area contributed by atoms with E-state index in [1.165, 1.54) is 12.8 Å². The predicted octanol–water partition coefficient (Wildman–Crippen LogP) is 6.01. The number of hydrogen-bond donors (Lipinski definition) is 1. The number of ether oxygens (including phenoxy) is 1. The van der Waals surface area contributed by atoms with Crippen molar-refractivity contribution in [2.24, 2.45) is 0 Å². The molecule has 7 nitrogen and oxygen atoms in total. The molecule has 0 bridgehead atoms. The molecule has 1 atom stereocenters.